The number of likely N-dealkylation sites (tertiary alicyclic amines) is 1. The third-order valence-corrected chi connectivity index (χ3v) is 3.31. The first-order chi connectivity index (χ1) is 8.09. The van der Waals surface area contributed by atoms with Crippen LogP contribution >= 0.6 is 0 Å². The first kappa shape index (κ1) is 11.9. The van der Waals surface area contributed by atoms with Crippen molar-refractivity contribution in [2.45, 2.75) is 19.4 Å². The molecule has 0 aliphatic carbocycles. The molecule has 0 bridgehead atoms. The zero-order valence-electron chi connectivity index (χ0n) is 9.85. The molecule has 1 saturated heterocycles. The number of pyridine rings is 1. The molecule has 1 aliphatic rings. The van der Waals surface area contributed by atoms with Crippen molar-refractivity contribution in [1.29, 1.82) is 0 Å². The van der Waals surface area contributed by atoms with Crippen LogP contribution < -0.4 is 11.2 Å². The predicted octanol–water partition coefficient (Wildman–Crippen LogP) is 0.184. The van der Waals surface area contributed by atoms with Crippen molar-refractivity contribution < 1.29 is 4.79 Å². The minimum Gasteiger partial charge on any atom is -0.367 e. The van der Waals surface area contributed by atoms with Gasteiger partial charge in [-0.1, -0.05) is 0 Å². The highest BCUT2D eigenvalue weighted by atomic mass is 16.2. The van der Waals surface area contributed by atoms with Crippen LogP contribution in [-0.4, -0.2) is 34.9 Å². The number of H-pyrrole nitrogens is 1. The van der Waals surface area contributed by atoms with Gasteiger partial charge in [0.25, 0.3) is 5.91 Å². The number of nitrogens with one attached hydrogen (secondary N) is 1. The lowest BCUT2D eigenvalue weighted by atomic mass is 10.0. The summed E-state index contributed by atoms with van der Waals surface area (Å²) < 4.78 is 0. The van der Waals surface area contributed by atoms with Gasteiger partial charge in [-0.15, -0.1) is 0 Å². The molecule has 92 valence electrons. The summed E-state index contributed by atoms with van der Waals surface area (Å²) in [5.41, 5.74) is 5.79. The van der Waals surface area contributed by atoms with E-state index in [1.807, 2.05) is 6.92 Å². The molecule has 5 nitrogen and oxygen atoms in total. The van der Waals surface area contributed by atoms with Gasteiger partial charge in [-0.25, -0.2) is 0 Å². The second-order valence-electron chi connectivity index (χ2n) is 4.58. The maximum absolute atomic E-state index is 12.1. The fourth-order valence-corrected chi connectivity index (χ4v) is 2.15. The molecule has 1 fully saturated rings. The van der Waals surface area contributed by atoms with E-state index >= 15 is 0 Å². The number of rotatable bonds is 2. The van der Waals surface area contributed by atoms with Gasteiger partial charge >= 0.3 is 0 Å². The maximum Gasteiger partial charge on any atom is 0.259 e. The Morgan fingerprint density at radius 2 is 2.41 bits per heavy atom. The van der Waals surface area contributed by atoms with Crippen LogP contribution in [0.1, 0.15) is 23.7 Å². The molecular formula is C12H17N3O2. The first-order valence-corrected chi connectivity index (χ1v) is 5.81. The number of aromatic amines is 1. The van der Waals surface area contributed by atoms with Crippen LogP contribution in [0.3, 0.4) is 0 Å². The fraction of sp³-hybridized carbons (Fsp3) is 0.500. The lowest BCUT2D eigenvalue weighted by Gasteiger charge is -2.17. The van der Waals surface area contributed by atoms with Crippen molar-refractivity contribution in [3.8, 4) is 0 Å². The number of hydrogen-bond donors (Lipinski definition) is 2. The standard InChI is InChI=1S/C12H17N3O2/c1-8(13)9-3-5-15(7-9)12(17)10-6-14-4-2-11(10)16/h2,4,6,8-9H,3,5,7,13H2,1H3,(H,14,16). The zero-order valence-corrected chi connectivity index (χ0v) is 9.85. The number of nitrogens with two attached hydrogens (primary N) is 1. The average Bonchev–Trinajstić information content (AvgIpc) is 2.78. The molecular weight excluding hydrogens is 218 g/mol. The average molecular weight is 235 g/mol. The lowest BCUT2D eigenvalue weighted by Crippen LogP contribution is -2.35. The topological polar surface area (TPSA) is 79.2 Å². The maximum atomic E-state index is 12.1. The molecule has 3 N–H and O–H groups in total. The van der Waals surface area contributed by atoms with Crippen molar-refractivity contribution in [1.82, 2.24) is 9.88 Å². The minimum atomic E-state index is -0.238. The minimum absolute atomic E-state index is 0.0851. The summed E-state index contributed by atoms with van der Waals surface area (Å²) in [4.78, 5) is 28.1. The van der Waals surface area contributed by atoms with E-state index in [-0.39, 0.29) is 22.9 Å². The quantitative estimate of drug-likeness (QED) is 0.767. The van der Waals surface area contributed by atoms with Crippen LogP contribution in [-0.2, 0) is 0 Å². The van der Waals surface area contributed by atoms with Crippen LogP contribution in [0.5, 0.6) is 0 Å². The van der Waals surface area contributed by atoms with E-state index in [1.165, 1.54) is 18.5 Å². The van der Waals surface area contributed by atoms with Crippen LogP contribution in [0, 0.1) is 5.92 Å². The van der Waals surface area contributed by atoms with Crippen molar-refractivity contribution in [2.24, 2.45) is 11.7 Å². The van der Waals surface area contributed by atoms with Gasteiger partial charge in [-0.05, 0) is 19.3 Å². The van der Waals surface area contributed by atoms with Crippen molar-refractivity contribution in [2.75, 3.05) is 13.1 Å². The number of aromatic nitrogens is 1. The van der Waals surface area contributed by atoms with E-state index in [4.69, 9.17) is 5.73 Å². The molecule has 1 amide bonds. The van der Waals surface area contributed by atoms with E-state index in [0.717, 1.165) is 6.42 Å². The summed E-state index contributed by atoms with van der Waals surface area (Å²) in [5.74, 6) is 0.136. The van der Waals surface area contributed by atoms with Gasteiger partial charge in [-0.2, -0.15) is 0 Å². The van der Waals surface area contributed by atoms with E-state index in [9.17, 15) is 9.59 Å². The molecule has 2 atom stereocenters. The highest BCUT2D eigenvalue weighted by Gasteiger charge is 2.29. The molecule has 1 aromatic heterocycles. The van der Waals surface area contributed by atoms with Gasteiger partial charge in [0, 0.05) is 37.6 Å². The van der Waals surface area contributed by atoms with Crippen molar-refractivity contribution >= 4 is 5.91 Å². The summed E-state index contributed by atoms with van der Waals surface area (Å²) in [6, 6.07) is 1.45. The lowest BCUT2D eigenvalue weighted by molar-refractivity contribution is 0.0784. The van der Waals surface area contributed by atoms with Crippen molar-refractivity contribution in [3.63, 3.8) is 0 Å². The van der Waals surface area contributed by atoms with Crippen LogP contribution in [0.25, 0.3) is 0 Å². The molecule has 17 heavy (non-hydrogen) atoms. The van der Waals surface area contributed by atoms with Gasteiger partial charge in [0.1, 0.15) is 5.56 Å². The Morgan fingerprint density at radius 1 is 1.65 bits per heavy atom. The molecule has 0 spiro atoms. The van der Waals surface area contributed by atoms with Crippen LogP contribution in [0.2, 0.25) is 0 Å². The summed E-state index contributed by atoms with van der Waals surface area (Å²) in [6.45, 7) is 3.28. The van der Waals surface area contributed by atoms with Gasteiger partial charge in [0.2, 0.25) is 0 Å². The molecule has 1 aliphatic heterocycles. The largest absolute Gasteiger partial charge is 0.367 e. The Morgan fingerprint density at radius 3 is 3.00 bits per heavy atom. The van der Waals surface area contributed by atoms with Crippen molar-refractivity contribution in [3.05, 3.63) is 34.2 Å². The van der Waals surface area contributed by atoms with E-state index in [2.05, 4.69) is 4.98 Å². The second-order valence-corrected chi connectivity index (χ2v) is 4.58. The number of amides is 1. The molecule has 1 aromatic rings. The molecule has 5 heteroatoms. The summed E-state index contributed by atoms with van der Waals surface area (Å²) in [6.07, 6.45) is 3.89. The van der Waals surface area contributed by atoms with Gasteiger partial charge in [0.05, 0.1) is 0 Å². The highest BCUT2D eigenvalue weighted by Crippen LogP contribution is 2.19. The smallest absolute Gasteiger partial charge is 0.259 e. The van der Waals surface area contributed by atoms with Gasteiger partial charge in [0.15, 0.2) is 5.43 Å². The molecule has 2 heterocycles. The summed E-state index contributed by atoms with van der Waals surface area (Å²) >= 11 is 0. The van der Waals surface area contributed by atoms with E-state index < -0.39 is 0 Å². The highest BCUT2D eigenvalue weighted by molar-refractivity contribution is 5.93. The normalized spacial score (nSPS) is 21.5. The number of carbonyl (C=O) groups excluding carboxylic acids is 1. The third-order valence-electron chi connectivity index (χ3n) is 3.31. The fourth-order valence-electron chi connectivity index (χ4n) is 2.15. The Balaban J connectivity index is 2.13. The SMILES string of the molecule is CC(N)C1CCN(C(=O)c2c[nH]ccc2=O)C1. The molecule has 0 radical (unpaired) electrons. The monoisotopic (exact) mass is 235 g/mol. The third kappa shape index (κ3) is 2.39. The Bertz CT molecular complexity index is 467. The number of carbonyl (C=O) groups is 1. The summed E-state index contributed by atoms with van der Waals surface area (Å²) in [7, 11) is 0. The molecule has 2 unspecified atom stereocenters. The first-order valence-electron chi connectivity index (χ1n) is 5.81. The van der Waals surface area contributed by atoms with E-state index in [1.54, 1.807) is 4.90 Å². The molecule has 2 rings (SSSR count). The molecule has 0 aromatic carbocycles. The predicted molar refractivity (Wildman–Crippen MR) is 64.7 cm³/mol. The van der Waals surface area contributed by atoms with Crippen LogP contribution in [0.4, 0.5) is 0 Å². The second kappa shape index (κ2) is 4.71. The molecule has 0 saturated carbocycles. The van der Waals surface area contributed by atoms with Gasteiger partial charge < -0.3 is 15.6 Å². The number of hydrogen-bond acceptors (Lipinski definition) is 3. The summed E-state index contributed by atoms with van der Waals surface area (Å²) in [5, 5.41) is 0. The Labute approximate surface area is 99.6 Å². The zero-order chi connectivity index (χ0) is 12.4. The van der Waals surface area contributed by atoms with E-state index in [0.29, 0.717) is 19.0 Å². The Hall–Kier alpha value is -1.62. The Kier molecular flexibility index (Phi) is 3.28. The number of nitrogens with zero attached hydrogens (tertiary/aromatic N) is 1. The van der Waals surface area contributed by atoms with Crippen LogP contribution in [0.15, 0.2) is 23.3 Å². The van der Waals surface area contributed by atoms with Gasteiger partial charge in [-0.3, -0.25) is 9.59 Å².